The van der Waals surface area contributed by atoms with Crippen LogP contribution in [0.2, 0.25) is 0 Å². The SMILES string of the molecule is CN(CC(O)C(F)(F)F)C(=O)/C=C/c1cnc(C(C)(C)C)s1. The Kier molecular flexibility index (Phi) is 5.75. The predicted molar refractivity (Wildman–Crippen MR) is 79.5 cm³/mol. The number of aliphatic hydroxyl groups is 1. The topological polar surface area (TPSA) is 53.4 Å². The van der Waals surface area contributed by atoms with E-state index in [1.54, 1.807) is 6.20 Å². The van der Waals surface area contributed by atoms with E-state index in [1.807, 2.05) is 20.8 Å². The molecule has 1 N–H and O–H groups in total. The average Bonchev–Trinajstić information content (AvgIpc) is 2.83. The van der Waals surface area contributed by atoms with E-state index in [0.717, 1.165) is 14.8 Å². The number of aromatic nitrogens is 1. The summed E-state index contributed by atoms with van der Waals surface area (Å²) < 4.78 is 36.7. The van der Waals surface area contributed by atoms with Crippen LogP contribution in [0.4, 0.5) is 13.2 Å². The molecule has 1 unspecified atom stereocenters. The van der Waals surface area contributed by atoms with Crippen LogP contribution < -0.4 is 0 Å². The maximum Gasteiger partial charge on any atom is 0.416 e. The lowest BCUT2D eigenvalue weighted by Crippen LogP contribution is -2.41. The Morgan fingerprint density at radius 1 is 1.45 bits per heavy atom. The number of amides is 1. The van der Waals surface area contributed by atoms with Gasteiger partial charge in [0.2, 0.25) is 5.91 Å². The van der Waals surface area contributed by atoms with Crippen molar-refractivity contribution in [3.8, 4) is 0 Å². The van der Waals surface area contributed by atoms with Crippen molar-refractivity contribution in [3.05, 3.63) is 22.2 Å². The van der Waals surface area contributed by atoms with Crippen molar-refractivity contribution in [2.24, 2.45) is 0 Å². The first-order chi connectivity index (χ1) is 9.91. The molecule has 1 amide bonds. The summed E-state index contributed by atoms with van der Waals surface area (Å²) in [6.45, 7) is 5.23. The van der Waals surface area contributed by atoms with Crippen molar-refractivity contribution in [2.45, 2.75) is 38.5 Å². The normalized spacial score (nSPS) is 14.4. The molecule has 0 fully saturated rings. The highest BCUT2D eigenvalue weighted by molar-refractivity contribution is 7.12. The zero-order chi connectivity index (χ0) is 17.1. The smallest absolute Gasteiger partial charge is 0.382 e. The summed E-state index contributed by atoms with van der Waals surface area (Å²) in [5.74, 6) is -0.617. The molecule has 0 aliphatic rings. The molecule has 0 aliphatic heterocycles. The van der Waals surface area contributed by atoms with Crippen molar-refractivity contribution in [1.29, 1.82) is 0 Å². The van der Waals surface area contributed by atoms with Gasteiger partial charge in [-0.05, 0) is 6.08 Å². The molecular formula is C14H19F3N2O2S. The second-order valence-electron chi connectivity index (χ2n) is 5.93. The average molecular weight is 336 g/mol. The molecule has 1 aromatic heterocycles. The number of rotatable bonds is 4. The third-order valence-corrected chi connectivity index (χ3v) is 4.14. The minimum absolute atomic E-state index is 0.103. The molecule has 1 aromatic rings. The quantitative estimate of drug-likeness (QED) is 0.860. The molecule has 8 heteroatoms. The summed E-state index contributed by atoms with van der Waals surface area (Å²) in [7, 11) is 1.20. The second kappa shape index (κ2) is 6.78. The molecule has 4 nitrogen and oxygen atoms in total. The highest BCUT2D eigenvalue weighted by atomic mass is 32.1. The number of thiazole rings is 1. The zero-order valence-electron chi connectivity index (χ0n) is 12.8. The van der Waals surface area contributed by atoms with E-state index in [9.17, 15) is 18.0 Å². The Morgan fingerprint density at radius 3 is 2.50 bits per heavy atom. The van der Waals surface area contributed by atoms with Gasteiger partial charge in [0.15, 0.2) is 6.10 Å². The van der Waals surface area contributed by atoms with Gasteiger partial charge in [0, 0.05) is 29.6 Å². The van der Waals surface area contributed by atoms with E-state index in [4.69, 9.17) is 5.11 Å². The van der Waals surface area contributed by atoms with E-state index < -0.39 is 24.7 Å². The highest BCUT2D eigenvalue weighted by Gasteiger charge is 2.39. The van der Waals surface area contributed by atoms with Gasteiger partial charge in [-0.2, -0.15) is 13.2 Å². The Morgan fingerprint density at radius 2 is 2.05 bits per heavy atom. The minimum atomic E-state index is -4.74. The van der Waals surface area contributed by atoms with Crippen molar-refractivity contribution >= 4 is 23.3 Å². The highest BCUT2D eigenvalue weighted by Crippen LogP contribution is 2.27. The van der Waals surface area contributed by atoms with Crippen LogP contribution in [0.5, 0.6) is 0 Å². The lowest BCUT2D eigenvalue weighted by atomic mass is 9.98. The first-order valence-corrected chi connectivity index (χ1v) is 7.37. The number of carbonyl (C=O) groups excluding carboxylic acids is 1. The molecule has 1 rings (SSSR count). The van der Waals surface area contributed by atoms with Gasteiger partial charge in [0.05, 0.1) is 11.6 Å². The van der Waals surface area contributed by atoms with Gasteiger partial charge in [0.1, 0.15) is 0 Å². The monoisotopic (exact) mass is 336 g/mol. The van der Waals surface area contributed by atoms with Gasteiger partial charge in [-0.3, -0.25) is 4.79 Å². The Hall–Kier alpha value is -1.41. The van der Waals surface area contributed by atoms with E-state index in [2.05, 4.69) is 4.98 Å². The number of alkyl halides is 3. The number of hydrogen-bond donors (Lipinski definition) is 1. The number of carbonyl (C=O) groups is 1. The molecule has 0 saturated carbocycles. The van der Waals surface area contributed by atoms with Gasteiger partial charge >= 0.3 is 6.18 Å². The van der Waals surface area contributed by atoms with Crippen LogP contribution in [0, 0.1) is 0 Å². The molecule has 0 aliphatic carbocycles. The van der Waals surface area contributed by atoms with Crippen molar-refractivity contribution < 1.29 is 23.1 Å². The molecule has 1 atom stereocenters. The lowest BCUT2D eigenvalue weighted by Gasteiger charge is -2.21. The summed E-state index contributed by atoms with van der Waals surface area (Å²) in [4.78, 5) is 17.5. The predicted octanol–water partition coefficient (Wildman–Crippen LogP) is 2.84. The van der Waals surface area contributed by atoms with Crippen LogP contribution in [0.15, 0.2) is 12.3 Å². The molecule has 0 radical (unpaired) electrons. The summed E-state index contributed by atoms with van der Waals surface area (Å²) in [5, 5.41) is 9.84. The Balaban J connectivity index is 2.66. The minimum Gasteiger partial charge on any atom is -0.382 e. The maximum absolute atomic E-state index is 12.2. The van der Waals surface area contributed by atoms with Crippen LogP contribution in [0.3, 0.4) is 0 Å². The van der Waals surface area contributed by atoms with E-state index in [0.29, 0.717) is 0 Å². The van der Waals surface area contributed by atoms with Crippen molar-refractivity contribution in [3.63, 3.8) is 0 Å². The largest absolute Gasteiger partial charge is 0.416 e. The summed E-state index contributed by atoms with van der Waals surface area (Å²) in [6.07, 6.45) is -3.00. The Bertz CT molecular complexity index is 547. The van der Waals surface area contributed by atoms with Gasteiger partial charge in [-0.15, -0.1) is 11.3 Å². The fourth-order valence-electron chi connectivity index (χ4n) is 1.44. The number of halogens is 3. The summed E-state index contributed by atoms with van der Waals surface area (Å²) in [5.41, 5.74) is -0.103. The molecule has 124 valence electrons. The fourth-order valence-corrected chi connectivity index (χ4v) is 2.32. The molecule has 1 heterocycles. The van der Waals surface area contributed by atoms with Gasteiger partial charge in [-0.1, -0.05) is 20.8 Å². The molecule has 0 aromatic carbocycles. The van der Waals surface area contributed by atoms with E-state index in [-0.39, 0.29) is 5.41 Å². The van der Waals surface area contributed by atoms with Crippen LogP contribution in [-0.2, 0) is 10.2 Å². The third kappa shape index (κ3) is 5.42. The molecule has 22 heavy (non-hydrogen) atoms. The first-order valence-electron chi connectivity index (χ1n) is 6.55. The molecular weight excluding hydrogens is 317 g/mol. The zero-order valence-corrected chi connectivity index (χ0v) is 13.6. The van der Waals surface area contributed by atoms with Crippen molar-refractivity contribution in [2.75, 3.05) is 13.6 Å². The van der Waals surface area contributed by atoms with E-state index in [1.165, 1.54) is 30.5 Å². The number of likely N-dealkylation sites (N-methyl/N-ethyl adjacent to an activating group) is 1. The third-order valence-electron chi connectivity index (χ3n) is 2.76. The summed E-state index contributed by atoms with van der Waals surface area (Å²) in [6, 6.07) is 0. The van der Waals surface area contributed by atoms with Gasteiger partial charge < -0.3 is 10.0 Å². The van der Waals surface area contributed by atoms with Crippen molar-refractivity contribution in [1.82, 2.24) is 9.88 Å². The molecule has 0 spiro atoms. The second-order valence-corrected chi connectivity index (χ2v) is 6.99. The van der Waals surface area contributed by atoms with Crippen LogP contribution in [0.25, 0.3) is 6.08 Å². The number of aliphatic hydroxyl groups excluding tert-OH is 1. The Labute approximate surface area is 131 Å². The van der Waals surface area contributed by atoms with Crippen LogP contribution in [0.1, 0.15) is 30.7 Å². The number of nitrogens with zero attached hydrogens (tertiary/aromatic N) is 2. The standard InChI is InChI=1S/C14H19F3N2O2S/c1-13(2,3)12-18-7-9(22-12)5-6-11(21)19(4)8-10(20)14(15,16)17/h5-7,10,20H,8H2,1-4H3/b6-5+. The lowest BCUT2D eigenvalue weighted by molar-refractivity contribution is -0.207. The van der Waals surface area contributed by atoms with E-state index >= 15 is 0 Å². The first kappa shape index (κ1) is 18.6. The summed E-state index contributed by atoms with van der Waals surface area (Å²) >= 11 is 1.41. The van der Waals surface area contributed by atoms with Crippen LogP contribution >= 0.6 is 11.3 Å². The molecule has 0 saturated heterocycles. The fraction of sp³-hybridized carbons (Fsp3) is 0.571. The van der Waals surface area contributed by atoms with Gasteiger partial charge in [0.25, 0.3) is 0 Å². The maximum atomic E-state index is 12.2. The molecule has 0 bridgehead atoms. The van der Waals surface area contributed by atoms with Gasteiger partial charge in [-0.25, -0.2) is 4.98 Å². The van der Waals surface area contributed by atoms with Crippen LogP contribution in [-0.4, -0.2) is 46.8 Å². The number of hydrogen-bond acceptors (Lipinski definition) is 4.